The van der Waals surface area contributed by atoms with Gasteiger partial charge in [-0.2, -0.15) is 0 Å². The number of amides is 3. The lowest BCUT2D eigenvalue weighted by Gasteiger charge is -2.22. The van der Waals surface area contributed by atoms with Gasteiger partial charge in [-0.3, -0.25) is 14.4 Å². The predicted octanol–water partition coefficient (Wildman–Crippen LogP) is 0.733. The van der Waals surface area contributed by atoms with E-state index in [9.17, 15) is 27.6 Å². The van der Waals surface area contributed by atoms with Gasteiger partial charge in [0.2, 0.25) is 5.91 Å². The van der Waals surface area contributed by atoms with E-state index < -0.39 is 47.1 Å². The molecule has 0 bridgehead atoms. The lowest BCUT2D eigenvalue weighted by atomic mass is 10.0. The third-order valence-corrected chi connectivity index (χ3v) is 3.58. The molecule has 27 heavy (non-hydrogen) atoms. The number of aliphatic imine (C=N–C) groups is 1. The molecule has 0 aromatic heterocycles. The lowest BCUT2D eigenvalue weighted by molar-refractivity contribution is -0.127. The van der Waals surface area contributed by atoms with Crippen LogP contribution in [0, 0.1) is 17.5 Å². The largest absolute Gasteiger partial charge is 0.368 e. The van der Waals surface area contributed by atoms with Gasteiger partial charge in [0.1, 0.15) is 11.3 Å². The van der Waals surface area contributed by atoms with Gasteiger partial charge in [0, 0.05) is 0 Å². The summed E-state index contributed by atoms with van der Waals surface area (Å²) in [5.41, 5.74) is 8.84. The Hall–Kier alpha value is -2.75. The van der Waals surface area contributed by atoms with Crippen LogP contribution in [0.25, 0.3) is 0 Å². The van der Waals surface area contributed by atoms with E-state index in [4.69, 9.17) is 11.5 Å². The van der Waals surface area contributed by atoms with Gasteiger partial charge in [0.25, 0.3) is 11.8 Å². The maximum atomic E-state index is 13.2. The first-order chi connectivity index (χ1) is 12.5. The third kappa shape index (κ3) is 6.48. The average molecular weight is 386 g/mol. The molecule has 0 heterocycles. The quantitative estimate of drug-likeness (QED) is 0.449. The number of benzene rings is 1. The van der Waals surface area contributed by atoms with Crippen molar-refractivity contribution >= 4 is 23.4 Å². The SMILES string of the molecule is CC(C)(NC(=O)C(CCCN)=NC(=O)Cc1cc(F)c(F)c(F)c1)C(N)=O. The van der Waals surface area contributed by atoms with E-state index in [1.807, 2.05) is 0 Å². The summed E-state index contributed by atoms with van der Waals surface area (Å²) in [6.07, 6.45) is -0.182. The monoisotopic (exact) mass is 386 g/mol. The second-order valence-electron chi connectivity index (χ2n) is 6.34. The molecule has 1 aromatic rings. The zero-order valence-electron chi connectivity index (χ0n) is 14.9. The summed E-state index contributed by atoms with van der Waals surface area (Å²) in [7, 11) is 0. The highest BCUT2D eigenvalue weighted by Gasteiger charge is 2.28. The fraction of sp³-hybridized carbons (Fsp3) is 0.412. The Morgan fingerprint density at radius 2 is 1.70 bits per heavy atom. The van der Waals surface area contributed by atoms with Crippen LogP contribution >= 0.6 is 0 Å². The normalized spacial score (nSPS) is 12.0. The van der Waals surface area contributed by atoms with Gasteiger partial charge >= 0.3 is 0 Å². The van der Waals surface area contributed by atoms with Crippen molar-refractivity contribution in [3.63, 3.8) is 0 Å². The summed E-state index contributed by atoms with van der Waals surface area (Å²) in [6.45, 7) is 2.97. The van der Waals surface area contributed by atoms with Crippen molar-refractivity contribution in [2.75, 3.05) is 6.54 Å². The standard InChI is InChI=1S/C17H21F3N4O3/c1-17(2,16(22)27)24-15(26)12(4-3-5-21)23-13(25)8-9-6-10(18)14(20)11(19)7-9/h6-7H,3-5,8,21H2,1-2H3,(H2,22,27)(H,24,26). The first-order valence-corrected chi connectivity index (χ1v) is 8.04. The molecule has 0 fully saturated rings. The molecular weight excluding hydrogens is 365 g/mol. The Kier molecular flexibility index (Phi) is 7.65. The van der Waals surface area contributed by atoms with Crippen molar-refractivity contribution in [1.82, 2.24) is 5.32 Å². The van der Waals surface area contributed by atoms with Crippen LogP contribution in [0.15, 0.2) is 17.1 Å². The Labute approximate surface area is 154 Å². The van der Waals surface area contributed by atoms with E-state index in [0.717, 1.165) is 0 Å². The molecule has 1 rings (SSSR count). The predicted molar refractivity (Wildman–Crippen MR) is 92.2 cm³/mol. The number of halogens is 3. The molecule has 7 nitrogen and oxygen atoms in total. The minimum atomic E-state index is -1.65. The molecule has 5 N–H and O–H groups in total. The van der Waals surface area contributed by atoms with Gasteiger partial charge in [-0.25, -0.2) is 18.2 Å². The number of rotatable bonds is 8. The molecule has 0 spiro atoms. The Balaban J connectivity index is 3.01. The Morgan fingerprint density at radius 3 is 2.19 bits per heavy atom. The summed E-state index contributed by atoms with van der Waals surface area (Å²) < 4.78 is 39.4. The van der Waals surface area contributed by atoms with Crippen LogP contribution in [0.4, 0.5) is 13.2 Å². The molecule has 0 saturated carbocycles. The van der Waals surface area contributed by atoms with E-state index >= 15 is 0 Å². The van der Waals surface area contributed by atoms with E-state index in [1.54, 1.807) is 0 Å². The van der Waals surface area contributed by atoms with Crippen LogP contribution in [-0.2, 0) is 20.8 Å². The molecular formula is C17H21F3N4O3. The van der Waals surface area contributed by atoms with Gasteiger partial charge in [0.05, 0.1) is 6.42 Å². The summed E-state index contributed by atoms with van der Waals surface area (Å²) in [6, 6.07) is 1.34. The molecule has 0 aliphatic carbocycles. The second-order valence-corrected chi connectivity index (χ2v) is 6.34. The summed E-state index contributed by atoms with van der Waals surface area (Å²) >= 11 is 0. The van der Waals surface area contributed by atoms with Gasteiger partial charge in [0.15, 0.2) is 17.5 Å². The number of primary amides is 1. The van der Waals surface area contributed by atoms with Crippen molar-refractivity contribution in [3.8, 4) is 0 Å². The molecule has 0 radical (unpaired) electrons. The molecule has 10 heteroatoms. The highest BCUT2D eigenvalue weighted by molar-refractivity contribution is 6.40. The molecule has 0 aliphatic heterocycles. The van der Waals surface area contributed by atoms with Crippen LogP contribution in [0.1, 0.15) is 32.3 Å². The molecule has 3 amide bonds. The van der Waals surface area contributed by atoms with Crippen LogP contribution in [0.2, 0.25) is 0 Å². The molecule has 0 aliphatic rings. The lowest BCUT2D eigenvalue weighted by Crippen LogP contribution is -2.54. The minimum absolute atomic E-state index is 0.0368. The van der Waals surface area contributed by atoms with Crippen LogP contribution in [-0.4, -0.2) is 35.5 Å². The van der Waals surface area contributed by atoms with Crippen molar-refractivity contribution in [2.24, 2.45) is 16.5 Å². The zero-order valence-corrected chi connectivity index (χ0v) is 14.9. The smallest absolute Gasteiger partial charge is 0.266 e. The first kappa shape index (κ1) is 22.3. The van der Waals surface area contributed by atoms with Gasteiger partial charge < -0.3 is 16.8 Å². The number of nitrogens with two attached hydrogens (primary N) is 2. The van der Waals surface area contributed by atoms with Gasteiger partial charge in [-0.1, -0.05) is 0 Å². The fourth-order valence-corrected chi connectivity index (χ4v) is 1.98. The molecule has 0 saturated heterocycles. The summed E-state index contributed by atoms with van der Waals surface area (Å²) in [5, 5.41) is 2.35. The molecule has 0 atom stereocenters. The second kappa shape index (κ2) is 9.26. The number of carbonyl (C=O) groups excluding carboxylic acids is 3. The number of carbonyl (C=O) groups is 3. The van der Waals surface area contributed by atoms with Crippen molar-refractivity contribution < 1.29 is 27.6 Å². The van der Waals surface area contributed by atoms with Gasteiger partial charge in [-0.05, 0) is 50.9 Å². The fourth-order valence-electron chi connectivity index (χ4n) is 1.98. The number of hydrogen-bond donors (Lipinski definition) is 3. The minimum Gasteiger partial charge on any atom is -0.368 e. The number of nitrogens with one attached hydrogen (secondary N) is 1. The van der Waals surface area contributed by atoms with E-state index in [2.05, 4.69) is 10.3 Å². The van der Waals surface area contributed by atoms with Crippen LogP contribution < -0.4 is 16.8 Å². The molecule has 148 valence electrons. The summed E-state index contributed by atoms with van der Waals surface area (Å²) in [4.78, 5) is 39.3. The Morgan fingerprint density at radius 1 is 1.15 bits per heavy atom. The van der Waals surface area contributed by atoms with E-state index in [0.29, 0.717) is 18.6 Å². The first-order valence-electron chi connectivity index (χ1n) is 8.04. The summed E-state index contributed by atoms with van der Waals surface area (Å²) in [5.74, 6) is -6.99. The van der Waals surface area contributed by atoms with Crippen molar-refractivity contribution in [3.05, 3.63) is 35.1 Å². The number of hydrogen-bond acceptors (Lipinski definition) is 4. The van der Waals surface area contributed by atoms with Gasteiger partial charge in [-0.15, -0.1) is 0 Å². The topological polar surface area (TPSA) is 128 Å². The maximum absolute atomic E-state index is 13.2. The van der Waals surface area contributed by atoms with Crippen LogP contribution in [0.5, 0.6) is 0 Å². The average Bonchev–Trinajstić information content (AvgIpc) is 2.55. The van der Waals surface area contributed by atoms with Crippen molar-refractivity contribution in [1.29, 1.82) is 0 Å². The van der Waals surface area contributed by atoms with Crippen LogP contribution in [0.3, 0.4) is 0 Å². The molecule has 0 unspecified atom stereocenters. The highest BCUT2D eigenvalue weighted by Crippen LogP contribution is 2.14. The third-order valence-electron chi connectivity index (χ3n) is 3.58. The highest BCUT2D eigenvalue weighted by atomic mass is 19.2. The Bertz CT molecular complexity index is 756. The zero-order chi connectivity index (χ0) is 20.8. The van der Waals surface area contributed by atoms with Crippen molar-refractivity contribution in [2.45, 2.75) is 38.6 Å². The number of nitrogens with zero attached hydrogens (tertiary/aromatic N) is 1. The van der Waals surface area contributed by atoms with E-state index in [-0.39, 0.29) is 24.2 Å². The molecule has 1 aromatic carbocycles. The maximum Gasteiger partial charge on any atom is 0.266 e. The van der Waals surface area contributed by atoms with E-state index in [1.165, 1.54) is 13.8 Å².